The molecule has 0 radical (unpaired) electrons. The minimum absolute atomic E-state index is 0.00787. The molecule has 1 unspecified atom stereocenters. The summed E-state index contributed by atoms with van der Waals surface area (Å²) in [7, 11) is 3.42. The van der Waals surface area contributed by atoms with Crippen molar-refractivity contribution >= 4 is 17.7 Å². The molecular weight excluding hydrogens is 240 g/mol. The van der Waals surface area contributed by atoms with Crippen molar-refractivity contribution < 1.29 is 4.79 Å². The number of carbonyl (C=O) groups is 1. The molecule has 0 fully saturated rings. The molecule has 7 heteroatoms. The van der Waals surface area contributed by atoms with E-state index in [1.165, 1.54) is 16.7 Å². The topological polar surface area (TPSA) is 71.0 Å². The molecule has 0 aliphatic carbocycles. The van der Waals surface area contributed by atoms with Gasteiger partial charge >= 0.3 is 5.69 Å². The van der Waals surface area contributed by atoms with Crippen molar-refractivity contribution in [2.45, 2.75) is 37.2 Å². The van der Waals surface area contributed by atoms with Crippen LogP contribution in [0.2, 0.25) is 0 Å². The summed E-state index contributed by atoms with van der Waals surface area (Å²) in [6.45, 7) is 4.41. The lowest BCUT2D eigenvalue weighted by Gasteiger charge is -2.15. The second-order valence-electron chi connectivity index (χ2n) is 3.96. The van der Waals surface area contributed by atoms with E-state index in [-0.39, 0.29) is 16.8 Å². The number of H-pyrrole nitrogens is 1. The van der Waals surface area contributed by atoms with Crippen LogP contribution in [-0.4, -0.2) is 44.9 Å². The molecule has 0 aliphatic heterocycles. The van der Waals surface area contributed by atoms with Crippen molar-refractivity contribution in [2.24, 2.45) is 0 Å². The molecule has 0 aromatic carbocycles. The molecule has 0 saturated heterocycles. The monoisotopic (exact) mass is 258 g/mol. The van der Waals surface area contributed by atoms with Crippen molar-refractivity contribution in [1.29, 1.82) is 0 Å². The van der Waals surface area contributed by atoms with Gasteiger partial charge in [-0.25, -0.2) is 9.89 Å². The third-order valence-electron chi connectivity index (χ3n) is 2.24. The van der Waals surface area contributed by atoms with Gasteiger partial charge in [0, 0.05) is 20.6 Å². The second kappa shape index (κ2) is 5.90. The maximum atomic E-state index is 11.7. The SMILES string of the molecule is CCCn1c(SC(C)C(=O)N(C)C)n[nH]c1=O. The summed E-state index contributed by atoms with van der Waals surface area (Å²) in [5, 5.41) is 6.66. The second-order valence-corrected chi connectivity index (χ2v) is 5.26. The van der Waals surface area contributed by atoms with Crippen LogP contribution in [0.4, 0.5) is 0 Å². The van der Waals surface area contributed by atoms with Crippen LogP contribution in [0.15, 0.2) is 9.95 Å². The summed E-state index contributed by atoms with van der Waals surface area (Å²) in [6, 6.07) is 0. The lowest BCUT2D eigenvalue weighted by molar-refractivity contribution is -0.127. The van der Waals surface area contributed by atoms with Gasteiger partial charge in [0.1, 0.15) is 0 Å². The predicted octanol–water partition coefficient (Wildman–Crippen LogP) is 0.550. The molecule has 1 amide bonds. The molecule has 1 aromatic heterocycles. The molecule has 1 rings (SSSR count). The smallest absolute Gasteiger partial charge is 0.343 e. The van der Waals surface area contributed by atoms with Gasteiger partial charge in [0.25, 0.3) is 0 Å². The van der Waals surface area contributed by atoms with Crippen molar-refractivity contribution in [3.05, 3.63) is 10.5 Å². The van der Waals surface area contributed by atoms with Gasteiger partial charge in [-0.05, 0) is 13.3 Å². The van der Waals surface area contributed by atoms with Crippen LogP contribution in [0.5, 0.6) is 0 Å². The zero-order chi connectivity index (χ0) is 13.0. The highest BCUT2D eigenvalue weighted by molar-refractivity contribution is 8.00. The lowest BCUT2D eigenvalue weighted by Crippen LogP contribution is -2.30. The summed E-state index contributed by atoms with van der Waals surface area (Å²) < 4.78 is 1.56. The van der Waals surface area contributed by atoms with Crippen LogP contribution in [-0.2, 0) is 11.3 Å². The van der Waals surface area contributed by atoms with Crippen molar-refractivity contribution in [3.63, 3.8) is 0 Å². The lowest BCUT2D eigenvalue weighted by atomic mass is 10.4. The maximum absolute atomic E-state index is 11.7. The molecule has 0 bridgehead atoms. The number of aromatic amines is 1. The van der Waals surface area contributed by atoms with Crippen LogP contribution < -0.4 is 5.69 Å². The van der Waals surface area contributed by atoms with E-state index in [9.17, 15) is 9.59 Å². The Hall–Kier alpha value is -1.24. The van der Waals surface area contributed by atoms with E-state index < -0.39 is 0 Å². The Morgan fingerprint density at radius 1 is 1.59 bits per heavy atom. The van der Waals surface area contributed by atoms with E-state index in [4.69, 9.17) is 0 Å². The minimum atomic E-state index is -0.254. The minimum Gasteiger partial charge on any atom is -0.348 e. The maximum Gasteiger partial charge on any atom is 0.343 e. The summed E-state index contributed by atoms with van der Waals surface area (Å²) in [6.07, 6.45) is 0.850. The number of amides is 1. The number of rotatable bonds is 5. The molecular formula is C10H18N4O2S. The van der Waals surface area contributed by atoms with Gasteiger partial charge in [-0.1, -0.05) is 18.7 Å². The van der Waals surface area contributed by atoms with E-state index in [1.807, 2.05) is 13.8 Å². The zero-order valence-electron chi connectivity index (χ0n) is 10.6. The van der Waals surface area contributed by atoms with Crippen molar-refractivity contribution in [3.8, 4) is 0 Å². The van der Waals surface area contributed by atoms with Gasteiger partial charge < -0.3 is 4.90 Å². The highest BCUT2D eigenvalue weighted by Crippen LogP contribution is 2.20. The highest BCUT2D eigenvalue weighted by atomic mass is 32.2. The number of carbonyl (C=O) groups excluding carboxylic acids is 1. The molecule has 6 nitrogen and oxygen atoms in total. The van der Waals surface area contributed by atoms with E-state index in [0.29, 0.717) is 11.7 Å². The molecule has 0 saturated carbocycles. The van der Waals surface area contributed by atoms with Gasteiger partial charge in [0.2, 0.25) is 5.91 Å². The average Bonchev–Trinajstić information content (AvgIpc) is 2.60. The molecule has 1 atom stereocenters. The standard InChI is InChI=1S/C10H18N4O2S/c1-5-6-14-9(16)11-12-10(14)17-7(2)8(15)13(3)4/h7H,5-6H2,1-4H3,(H,11,16). The summed E-state index contributed by atoms with van der Waals surface area (Å²) in [5.41, 5.74) is -0.223. The first-order valence-electron chi connectivity index (χ1n) is 5.50. The Morgan fingerprint density at radius 2 is 2.24 bits per heavy atom. The summed E-state index contributed by atoms with van der Waals surface area (Å²) >= 11 is 1.30. The highest BCUT2D eigenvalue weighted by Gasteiger charge is 2.19. The van der Waals surface area contributed by atoms with Gasteiger partial charge in [0.05, 0.1) is 5.25 Å². The van der Waals surface area contributed by atoms with Gasteiger partial charge in [-0.15, -0.1) is 5.10 Å². The number of thioether (sulfide) groups is 1. The van der Waals surface area contributed by atoms with E-state index >= 15 is 0 Å². The fraction of sp³-hybridized carbons (Fsp3) is 0.700. The van der Waals surface area contributed by atoms with Crippen LogP contribution in [0, 0.1) is 0 Å². The Morgan fingerprint density at radius 3 is 2.76 bits per heavy atom. The fourth-order valence-corrected chi connectivity index (χ4v) is 2.41. The molecule has 1 heterocycles. The van der Waals surface area contributed by atoms with Crippen LogP contribution in [0.3, 0.4) is 0 Å². The normalized spacial score (nSPS) is 12.5. The van der Waals surface area contributed by atoms with Crippen LogP contribution >= 0.6 is 11.8 Å². The number of aromatic nitrogens is 3. The molecule has 1 aromatic rings. The van der Waals surface area contributed by atoms with Crippen molar-refractivity contribution in [2.75, 3.05) is 14.1 Å². The number of hydrogen-bond donors (Lipinski definition) is 1. The third kappa shape index (κ3) is 3.36. The fourth-order valence-electron chi connectivity index (χ4n) is 1.39. The van der Waals surface area contributed by atoms with Crippen molar-refractivity contribution in [1.82, 2.24) is 19.7 Å². The first-order valence-corrected chi connectivity index (χ1v) is 6.38. The van der Waals surface area contributed by atoms with Crippen LogP contribution in [0.1, 0.15) is 20.3 Å². The number of nitrogens with zero attached hydrogens (tertiary/aromatic N) is 3. The van der Waals surface area contributed by atoms with Gasteiger partial charge in [0.15, 0.2) is 5.16 Å². The quantitative estimate of drug-likeness (QED) is 0.783. The van der Waals surface area contributed by atoms with Gasteiger partial charge in [-0.3, -0.25) is 9.36 Å². The number of hydrogen-bond acceptors (Lipinski definition) is 4. The van der Waals surface area contributed by atoms with Crippen LogP contribution in [0.25, 0.3) is 0 Å². The first-order chi connectivity index (χ1) is 7.97. The Labute approximate surface area is 104 Å². The molecule has 0 spiro atoms. The average molecular weight is 258 g/mol. The molecule has 0 aliphatic rings. The Bertz CT molecular complexity index is 438. The largest absolute Gasteiger partial charge is 0.348 e. The summed E-state index contributed by atoms with van der Waals surface area (Å²) in [4.78, 5) is 24.7. The summed E-state index contributed by atoms with van der Waals surface area (Å²) in [5.74, 6) is 0.00787. The van der Waals surface area contributed by atoms with E-state index in [2.05, 4.69) is 10.2 Å². The molecule has 96 valence electrons. The zero-order valence-corrected chi connectivity index (χ0v) is 11.4. The van der Waals surface area contributed by atoms with E-state index in [1.54, 1.807) is 18.7 Å². The molecule has 1 N–H and O–H groups in total. The molecule has 17 heavy (non-hydrogen) atoms. The number of nitrogens with one attached hydrogen (secondary N) is 1. The first kappa shape index (κ1) is 13.8. The third-order valence-corrected chi connectivity index (χ3v) is 3.32. The predicted molar refractivity (Wildman–Crippen MR) is 67.2 cm³/mol. The Kier molecular flexibility index (Phi) is 4.80. The Balaban J connectivity index is 2.81. The van der Waals surface area contributed by atoms with Gasteiger partial charge in [-0.2, -0.15) is 0 Å². The van der Waals surface area contributed by atoms with E-state index in [0.717, 1.165) is 6.42 Å².